The Morgan fingerprint density at radius 3 is 2.34 bits per heavy atom. The van der Waals surface area contributed by atoms with Crippen molar-refractivity contribution in [3.63, 3.8) is 0 Å². The second kappa shape index (κ2) is 8.28. The van der Waals surface area contributed by atoms with Gasteiger partial charge in [0, 0.05) is 36.3 Å². The first kappa shape index (κ1) is 20.3. The van der Waals surface area contributed by atoms with Crippen LogP contribution in [-0.2, 0) is 9.59 Å². The number of benzene rings is 2. The first-order valence-electron chi connectivity index (χ1n) is 9.18. The predicted octanol–water partition coefficient (Wildman–Crippen LogP) is 1.89. The molecule has 7 nitrogen and oxygen atoms in total. The van der Waals surface area contributed by atoms with E-state index in [4.69, 9.17) is 5.11 Å². The van der Waals surface area contributed by atoms with Gasteiger partial charge < -0.3 is 20.3 Å². The Hall–Kier alpha value is -3.45. The molecule has 0 aliphatic carbocycles. The van der Waals surface area contributed by atoms with Crippen molar-refractivity contribution in [3.05, 3.63) is 59.8 Å². The fourth-order valence-corrected chi connectivity index (χ4v) is 3.34. The molecule has 0 bridgehead atoms. The van der Waals surface area contributed by atoms with Crippen molar-refractivity contribution in [1.29, 1.82) is 0 Å². The summed E-state index contributed by atoms with van der Waals surface area (Å²) in [6.45, 7) is 1.18. The van der Waals surface area contributed by atoms with Crippen molar-refractivity contribution < 1.29 is 19.5 Å². The number of ketones is 1. The van der Waals surface area contributed by atoms with Gasteiger partial charge in [-0.15, -0.1) is 0 Å². The minimum Gasteiger partial charge on any atom is -0.388 e. The highest BCUT2D eigenvalue weighted by atomic mass is 16.3. The van der Waals surface area contributed by atoms with Crippen LogP contribution in [0.15, 0.2) is 48.5 Å². The highest BCUT2D eigenvalue weighted by Gasteiger charge is 2.32. The number of carbonyl (C=O) groups is 3. The largest absolute Gasteiger partial charge is 0.388 e. The molecule has 2 amide bonds. The van der Waals surface area contributed by atoms with E-state index in [0.717, 1.165) is 32.6 Å². The highest BCUT2D eigenvalue weighted by Crippen LogP contribution is 2.25. The number of aliphatic hydroxyl groups is 1. The van der Waals surface area contributed by atoms with Crippen molar-refractivity contribution >= 4 is 28.5 Å². The Morgan fingerprint density at radius 2 is 1.72 bits per heavy atom. The van der Waals surface area contributed by atoms with Crippen molar-refractivity contribution in [2.24, 2.45) is 0 Å². The number of fused-ring (bicyclic) bond motifs is 1. The summed E-state index contributed by atoms with van der Waals surface area (Å²) in [6, 6.07) is 13.7. The van der Waals surface area contributed by atoms with Gasteiger partial charge in [0.1, 0.15) is 6.61 Å². The Bertz CT molecular complexity index is 1050. The fraction of sp³-hybridized carbons (Fsp3) is 0.227. The molecule has 0 fully saturated rings. The number of nitrogens with one attached hydrogen (secondary N) is 2. The molecule has 3 rings (SSSR count). The number of aromatic nitrogens is 1. The molecule has 1 unspecified atom stereocenters. The lowest BCUT2D eigenvalue weighted by atomic mass is 10.0. The third kappa shape index (κ3) is 4.05. The summed E-state index contributed by atoms with van der Waals surface area (Å²) in [4.78, 5) is 41.0. The van der Waals surface area contributed by atoms with Crippen LogP contribution in [0.5, 0.6) is 0 Å². The minimum atomic E-state index is -1.38. The number of Topliss-reactive ketones (excluding diaryl/α,β-unsaturated/α-hetero) is 1. The van der Waals surface area contributed by atoms with Gasteiger partial charge in [-0.05, 0) is 48.4 Å². The van der Waals surface area contributed by atoms with E-state index in [0.29, 0.717) is 5.56 Å². The molecule has 7 heteroatoms. The molecule has 1 heterocycles. The molecular weight excluding hydrogens is 370 g/mol. The molecule has 0 aliphatic heterocycles. The molecule has 150 valence electrons. The molecule has 3 aromatic rings. The van der Waals surface area contributed by atoms with Gasteiger partial charge in [-0.3, -0.25) is 14.4 Å². The Kier molecular flexibility index (Phi) is 5.79. The maximum atomic E-state index is 12.8. The predicted molar refractivity (Wildman–Crippen MR) is 111 cm³/mol. The lowest BCUT2D eigenvalue weighted by Gasteiger charge is -2.25. The summed E-state index contributed by atoms with van der Waals surface area (Å²) >= 11 is 0. The zero-order valence-corrected chi connectivity index (χ0v) is 16.5. The average Bonchev–Trinajstić information content (AvgIpc) is 3.12. The zero-order chi connectivity index (χ0) is 21.1. The van der Waals surface area contributed by atoms with Gasteiger partial charge in [-0.2, -0.15) is 0 Å². The number of aromatic amines is 1. The maximum absolute atomic E-state index is 12.8. The molecule has 29 heavy (non-hydrogen) atoms. The third-order valence-electron chi connectivity index (χ3n) is 4.88. The molecule has 0 radical (unpaired) electrons. The summed E-state index contributed by atoms with van der Waals surface area (Å²) in [5, 5.41) is 12.6. The number of aryl methyl sites for hydroxylation is 1. The first-order valence-corrected chi connectivity index (χ1v) is 9.18. The van der Waals surface area contributed by atoms with E-state index in [1.54, 1.807) is 12.1 Å². The van der Waals surface area contributed by atoms with Gasteiger partial charge in [-0.1, -0.05) is 18.2 Å². The molecule has 3 N–H and O–H groups in total. The number of H-pyrrole nitrogens is 1. The number of aliphatic hydroxyl groups excluding tert-OH is 1. The van der Waals surface area contributed by atoms with Crippen LogP contribution in [0.25, 0.3) is 22.0 Å². The van der Waals surface area contributed by atoms with Gasteiger partial charge >= 0.3 is 0 Å². The quantitative estimate of drug-likeness (QED) is 0.557. The van der Waals surface area contributed by atoms with E-state index in [9.17, 15) is 14.4 Å². The van der Waals surface area contributed by atoms with Crippen molar-refractivity contribution in [1.82, 2.24) is 15.2 Å². The molecule has 2 aromatic carbocycles. The van der Waals surface area contributed by atoms with Crippen LogP contribution in [0.2, 0.25) is 0 Å². The Balaban J connectivity index is 1.85. The SMILES string of the molecule is CNC(=O)C(C(=O)CO)N(C)C(=O)c1ccc(-c2ccc3[nH]c(C)cc3c2)cc1. The van der Waals surface area contributed by atoms with E-state index < -0.39 is 30.2 Å². The van der Waals surface area contributed by atoms with E-state index in [2.05, 4.69) is 22.4 Å². The second-order valence-electron chi connectivity index (χ2n) is 6.89. The summed E-state index contributed by atoms with van der Waals surface area (Å²) in [5.74, 6) is -1.87. The summed E-state index contributed by atoms with van der Waals surface area (Å²) < 4.78 is 0. The van der Waals surface area contributed by atoms with E-state index in [-0.39, 0.29) is 0 Å². The van der Waals surface area contributed by atoms with Crippen LogP contribution in [0.4, 0.5) is 0 Å². The second-order valence-corrected chi connectivity index (χ2v) is 6.89. The molecule has 0 saturated heterocycles. The monoisotopic (exact) mass is 393 g/mol. The topological polar surface area (TPSA) is 102 Å². The Labute approximate surface area is 168 Å². The Morgan fingerprint density at radius 1 is 1.07 bits per heavy atom. The van der Waals surface area contributed by atoms with Crippen LogP contribution in [0, 0.1) is 6.92 Å². The fourth-order valence-electron chi connectivity index (χ4n) is 3.34. The van der Waals surface area contributed by atoms with Gasteiger partial charge in [0.05, 0.1) is 0 Å². The highest BCUT2D eigenvalue weighted by molar-refractivity contribution is 6.10. The van der Waals surface area contributed by atoms with E-state index >= 15 is 0 Å². The summed E-state index contributed by atoms with van der Waals surface area (Å²) in [5.41, 5.74) is 4.45. The maximum Gasteiger partial charge on any atom is 0.254 e. The number of amides is 2. The molecule has 0 saturated carbocycles. The zero-order valence-electron chi connectivity index (χ0n) is 16.5. The van der Waals surface area contributed by atoms with E-state index in [1.165, 1.54) is 14.1 Å². The van der Waals surface area contributed by atoms with Gasteiger partial charge in [0.25, 0.3) is 5.91 Å². The summed E-state index contributed by atoms with van der Waals surface area (Å²) in [6.07, 6.45) is 0. The summed E-state index contributed by atoms with van der Waals surface area (Å²) in [7, 11) is 2.74. The van der Waals surface area contributed by atoms with Gasteiger partial charge in [-0.25, -0.2) is 0 Å². The van der Waals surface area contributed by atoms with Crippen LogP contribution in [0.1, 0.15) is 16.1 Å². The van der Waals surface area contributed by atoms with Gasteiger partial charge in [0.2, 0.25) is 5.91 Å². The van der Waals surface area contributed by atoms with Crippen molar-refractivity contribution in [3.8, 4) is 11.1 Å². The smallest absolute Gasteiger partial charge is 0.254 e. The molecular formula is C22H23N3O4. The van der Waals surface area contributed by atoms with Crippen LogP contribution in [-0.4, -0.2) is 59.3 Å². The number of hydrogen-bond acceptors (Lipinski definition) is 4. The number of carbonyl (C=O) groups excluding carboxylic acids is 3. The standard InChI is InChI=1S/C22H23N3O4/c1-13-10-17-11-16(8-9-18(17)24-13)14-4-6-15(7-5-14)22(29)25(3)20(19(27)12-26)21(28)23-2/h4-11,20,24,26H,12H2,1-3H3,(H,23,28). The molecule has 1 aromatic heterocycles. The van der Waals surface area contributed by atoms with Crippen LogP contribution >= 0.6 is 0 Å². The van der Waals surface area contributed by atoms with E-state index in [1.807, 2.05) is 31.2 Å². The first-order chi connectivity index (χ1) is 13.8. The molecule has 1 atom stereocenters. The average molecular weight is 393 g/mol. The van der Waals surface area contributed by atoms with Crippen LogP contribution in [0.3, 0.4) is 0 Å². The number of hydrogen-bond donors (Lipinski definition) is 3. The normalized spacial score (nSPS) is 11.9. The number of rotatable bonds is 6. The minimum absolute atomic E-state index is 0.342. The molecule has 0 aliphatic rings. The van der Waals surface area contributed by atoms with Gasteiger partial charge in [0.15, 0.2) is 11.8 Å². The third-order valence-corrected chi connectivity index (χ3v) is 4.88. The lowest BCUT2D eigenvalue weighted by molar-refractivity contribution is -0.135. The molecule has 0 spiro atoms. The lowest BCUT2D eigenvalue weighted by Crippen LogP contribution is -2.52. The van der Waals surface area contributed by atoms with Crippen molar-refractivity contribution in [2.45, 2.75) is 13.0 Å². The van der Waals surface area contributed by atoms with Crippen LogP contribution < -0.4 is 5.32 Å². The number of likely N-dealkylation sites (N-methyl/N-ethyl adjacent to an activating group) is 2. The number of nitrogens with zero attached hydrogens (tertiary/aromatic N) is 1. The van der Waals surface area contributed by atoms with Crippen molar-refractivity contribution in [2.75, 3.05) is 20.7 Å².